The van der Waals surface area contributed by atoms with E-state index in [1.165, 1.54) is 5.56 Å². The average molecular weight is 324 g/mol. The Kier molecular flexibility index (Phi) is 5.08. The van der Waals surface area contributed by atoms with Crippen molar-refractivity contribution in [2.75, 3.05) is 29.4 Å². The summed E-state index contributed by atoms with van der Waals surface area (Å²) in [5, 5.41) is 8.49. The van der Waals surface area contributed by atoms with Crippen LogP contribution in [0.15, 0.2) is 36.4 Å². The first kappa shape index (κ1) is 16.4. The van der Waals surface area contributed by atoms with Gasteiger partial charge in [-0.2, -0.15) is 0 Å². The molecule has 0 N–H and O–H groups in total. The van der Waals surface area contributed by atoms with Crippen molar-refractivity contribution < 1.29 is 4.79 Å². The highest BCUT2D eigenvalue weighted by Crippen LogP contribution is 2.28. The molecule has 0 saturated carbocycles. The zero-order valence-corrected chi connectivity index (χ0v) is 14.4. The van der Waals surface area contributed by atoms with Crippen LogP contribution in [-0.2, 0) is 6.42 Å². The van der Waals surface area contributed by atoms with Gasteiger partial charge in [0.1, 0.15) is 0 Å². The second-order valence-corrected chi connectivity index (χ2v) is 6.10. The summed E-state index contributed by atoms with van der Waals surface area (Å²) in [6.45, 7) is 6.92. The van der Waals surface area contributed by atoms with Gasteiger partial charge in [0, 0.05) is 25.3 Å². The van der Waals surface area contributed by atoms with E-state index in [2.05, 4.69) is 35.0 Å². The van der Waals surface area contributed by atoms with Crippen molar-refractivity contribution in [3.63, 3.8) is 0 Å². The van der Waals surface area contributed by atoms with Crippen LogP contribution in [-0.4, -0.2) is 35.7 Å². The number of hydrogen-bond acceptors (Lipinski definition) is 4. The molecule has 1 aliphatic rings. The first-order valence-corrected chi connectivity index (χ1v) is 8.73. The van der Waals surface area contributed by atoms with Crippen LogP contribution in [0, 0.1) is 0 Å². The van der Waals surface area contributed by atoms with E-state index < -0.39 is 0 Å². The molecule has 2 heterocycles. The number of nitrogens with zero attached hydrogens (tertiary/aromatic N) is 4. The van der Waals surface area contributed by atoms with E-state index in [9.17, 15) is 4.79 Å². The maximum absolute atomic E-state index is 12.8. The fourth-order valence-electron chi connectivity index (χ4n) is 3.18. The summed E-state index contributed by atoms with van der Waals surface area (Å²) in [5.74, 6) is 0.772. The van der Waals surface area contributed by atoms with E-state index >= 15 is 0 Å². The van der Waals surface area contributed by atoms with Gasteiger partial charge in [0.05, 0.1) is 0 Å². The second-order valence-electron chi connectivity index (χ2n) is 6.10. The molecule has 1 aliphatic heterocycles. The van der Waals surface area contributed by atoms with Crippen LogP contribution < -0.4 is 9.80 Å². The number of carbonyl (C=O) groups is 1. The quantitative estimate of drug-likeness (QED) is 0.818. The molecule has 0 bridgehead atoms. The first-order valence-electron chi connectivity index (χ1n) is 8.73. The maximum atomic E-state index is 12.8. The van der Waals surface area contributed by atoms with Crippen LogP contribution in [0.5, 0.6) is 0 Å². The van der Waals surface area contributed by atoms with Crippen molar-refractivity contribution >= 4 is 17.4 Å². The van der Waals surface area contributed by atoms with Gasteiger partial charge in [-0.1, -0.05) is 32.0 Å². The molecule has 0 atom stereocenters. The summed E-state index contributed by atoms with van der Waals surface area (Å²) in [6, 6.07) is 11.7. The standard InChI is InChI=1S/C19H24N4O/c1-3-12-22(13-4-2)18-10-9-16(20-21-18)19(24)23-14-11-15-7-5-6-8-17(15)23/h5-10H,3-4,11-14H2,1-2H3. The minimum Gasteiger partial charge on any atom is -0.355 e. The lowest BCUT2D eigenvalue weighted by atomic mass is 10.2. The predicted molar refractivity (Wildman–Crippen MR) is 96.6 cm³/mol. The number of para-hydroxylation sites is 1. The summed E-state index contributed by atoms with van der Waals surface area (Å²) in [7, 11) is 0. The summed E-state index contributed by atoms with van der Waals surface area (Å²) in [6.07, 6.45) is 3.02. The van der Waals surface area contributed by atoms with Crippen molar-refractivity contribution in [1.82, 2.24) is 10.2 Å². The number of carbonyl (C=O) groups excluding carboxylic acids is 1. The Morgan fingerprint density at radius 3 is 2.50 bits per heavy atom. The predicted octanol–water partition coefficient (Wildman–Crippen LogP) is 3.31. The van der Waals surface area contributed by atoms with Crippen molar-refractivity contribution in [3.8, 4) is 0 Å². The minimum absolute atomic E-state index is 0.0727. The molecule has 0 saturated heterocycles. The lowest BCUT2D eigenvalue weighted by Crippen LogP contribution is -2.30. The SMILES string of the molecule is CCCN(CCC)c1ccc(C(=O)N2CCc3ccccc32)nn1. The second kappa shape index (κ2) is 7.43. The molecule has 1 aromatic heterocycles. The smallest absolute Gasteiger partial charge is 0.278 e. The lowest BCUT2D eigenvalue weighted by molar-refractivity contribution is 0.0983. The highest BCUT2D eigenvalue weighted by Gasteiger charge is 2.26. The molecule has 0 aliphatic carbocycles. The third-order valence-corrected chi connectivity index (χ3v) is 4.31. The first-order chi connectivity index (χ1) is 11.7. The molecule has 5 nitrogen and oxygen atoms in total. The van der Waals surface area contributed by atoms with Crippen molar-refractivity contribution in [2.24, 2.45) is 0 Å². The van der Waals surface area contributed by atoms with Crippen LogP contribution in [0.3, 0.4) is 0 Å². The topological polar surface area (TPSA) is 49.3 Å². The molecule has 126 valence electrons. The molecule has 0 spiro atoms. The molecule has 24 heavy (non-hydrogen) atoms. The Bertz CT molecular complexity index is 693. The highest BCUT2D eigenvalue weighted by molar-refractivity contribution is 6.06. The molecule has 0 radical (unpaired) electrons. The molecular formula is C19H24N4O. The average Bonchev–Trinajstić information content (AvgIpc) is 3.05. The van der Waals surface area contributed by atoms with Gasteiger partial charge in [0.2, 0.25) is 0 Å². The molecule has 1 aromatic carbocycles. The van der Waals surface area contributed by atoms with Gasteiger partial charge in [-0.15, -0.1) is 10.2 Å². The van der Waals surface area contributed by atoms with E-state index in [4.69, 9.17) is 0 Å². The summed E-state index contributed by atoms with van der Waals surface area (Å²) >= 11 is 0. The van der Waals surface area contributed by atoms with Crippen LogP contribution >= 0.6 is 0 Å². The van der Waals surface area contributed by atoms with Gasteiger partial charge in [0.25, 0.3) is 5.91 Å². The minimum atomic E-state index is -0.0727. The van der Waals surface area contributed by atoms with E-state index in [0.717, 1.165) is 43.9 Å². The number of hydrogen-bond donors (Lipinski definition) is 0. The van der Waals surface area contributed by atoms with Gasteiger partial charge in [0.15, 0.2) is 11.5 Å². The van der Waals surface area contributed by atoms with E-state index in [-0.39, 0.29) is 5.91 Å². The fourth-order valence-corrected chi connectivity index (χ4v) is 3.18. The highest BCUT2D eigenvalue weighted by atomic mass is 16.2. The van der Waals surface area contributed by atoms with Gasteiger partial charge >= 0.3 is 0 Å². The molecule has 0 fully saturated rings. The molecule has 5 heteroatoms. The molecule has 0 unspecified atom stereocenters. The molecular weight excluding hydrogens is 300 g/mol. The van der Waals surface area contributed by atoms with Crippen molar-refractivity contribution in [1.29, 1.82) is 0 Å². The van der Waals surface area contributed by atoms with Gasteiger partial charge in [-0.3, -0.25) is 4.79 Å². The number of rotatable bonds is 6. The molecule has 3 rings (SSSR count). The zero-order chi connectivity index (χ0) is 16.9. The van der Waals surface area contributed by atoms with Crippen molar-refractivity contribution in [2.45, 2.75) is 33.1 Å². The Balaban J connectivity index is 1.77. The Hall–Kier alpha value is -2.43. The van der Waals surface area contributed by atoms with E-state index in [1.807, 2.05) is 24.3 Å². The van der Waals surface area contributed by atoms with Crippen LogP contribution in [0.25, 0.3) is 0 Å². The van der Waals surface area contributed by atoms with Gasteiger partial charge in [-0.25, -0.2) is 0 Å². The third-order valence-electron chi connectivity index (χ3n) is 4.31. The van der Waals surface area contributed by atoms with Gasteiger partial charge < -0.3 is 9.80 Å². The number of fused-ring (bicyclic) bond motifs is 1. The maximum Gasteiger partial charge on any atom is 0.278 e. The largest absolute Gasteiger partial charge is 0.355 e. The van der Waals surface area contributed by atoms with Crippen molar-refractivity contribution in [3.05, 3.63) is 47.7 Å². The number of aromatic nitrogens is 2. The van der Waals surface area contributed by atoms with Gasteiger partial charge in [-0.05, 0) is 43.0 Å². The van der Waals surface area contributed by atoms with E-state index in [1.54, 1.807) is 11.0 Å². The lowest BCUT2D eigenvalue weighted by Gasteiger charge is -2.22. The van der Waals surface area contributed by atoms with Crippen LogP contribution in [0.4, 0.5) is 11.5 Å². The van der Waals surface area contributed by atoms with Crippen LogP contribution in [0.2, 0.25) is 0 Å². The summed E-state index contributed by atoms with van der Waals surface area (Å²) in [4.78, 5) is 16.8. The Labute approximate surface area is 143 Å². The number of amides is 1. The Morgan fingerprint density at radius 1 is 1.08 bits per heavy atom. The monoisotopic (exact) mass is 324 g/mol. The molecule has 2 aromatic rings. The van der Waals surface area contributed by atoms with E-state index in [0.29, 0.717) is 12.2 Å². The number of anilines is 2. The fraction of sp³-hybridized carbons (Fsp3) is 0.421. The number of benzene rings is 1. The molecule has 1 amide bonds. The van der Waals surface area contributed by atoms with Crippen LogP contribution in [0.1, 0.15) is 42.7 Å². The normalized spacial score (nSPS) is 13.0. The summed E-state index contributed by atoms with van der Waals surface area (Å²) in [5.41, 5.74) is 2.61. The third kappa shape index (κ3) is 3.25. The Morgan fingerprint density at radius 2 is 1.83 bits per heavy atom. The zero-order valence-electron chi connectivity index (χ0n) is 14.4. The summed E-state index contributed by atoms with van der Waals surface area (Å²) < 4.78 is 0.